The van der Waals surface area contributed by atoms with Crippen LogP contribution in [0.1, 0.15) is 128 Å². The van der Waals surface area contributed by atoms with Crippen LogP contribution in [0.2, 0.25) is 0 Å². The number of hydrogen-bond acceptors (Lipinski definition) is 6. The van der Waals surface area contributed by atoms with Gasteiger partial charge in [-0.2, -0.15) is 0 Å². The molecule has 1 aliphatic heterocycles. The highest BCUT2D eigenvalue weighted by Crippen LogP contribution is 2.30. The Morgan fingerprint density at radius 3 is 2.13 bits per heavy atom. The zero-order valence-electron chi connectivity index (χ0n) is 23.4. The van der Waals surface area contributed by atoms with Crippen LogP contribution in [-0.2, 0) is 14.3 Å². The first-order valence-electron chi connectivity index (χ1n) is 14.6. The number of rotatable bonds is 20. The van der Waals surface area contributed by atoms with Crippen molar-refractivity contribution in [3.63, 3.8) is 0 Å². The zero-order chi connectivity index (χ0) is 27.6. The number of carbonyl (C=O) groups is 1. The summed E-state index contributed by atoms with van der Waals surface area (Å²) < 4.78 is 12.5. The molecule has 2 rings (SSSR count). The van der Waals surface area contributed by atoms with Gasteiger partial charge in [0, 0.05) is 29.5 Å². The van der Waals surface area contributed by atoms with Crippen molar-refractivity contribution in [2.24, 2.45) is 5.11 Å². The van der Waals surface area contributed by atoms with Crippen molar-refractivity contribution in [2.75, 3.05) is 6.61 Å². The number of aromatic nitrogens is 2. The van der Waals surface area contributed by atoms with E-state index in [2.05, 4.69) is 21.9 Å². The second kappa shape index (κ2) is 18.6. The van der Waals surface area contributed by atoms with Gasteiger partial charge in [-0.3, -0.25) is 19.1 Å². The molecule has 3 atom stereocenters. The van der Waals surface area contributed by atoms with Crippen LogP contribution in [0.3, 0.4) is 0 Å². The van der Waals surface area contributed by atoms with Crippen LogP contribution >= 0.6 is 0 Å². The molecule has 214 valence electrons. The number of nitrogens with zero attached hydrogens (tertiary/aromatic N) is 4. The minimum Gasteiger partial charge on any atom is -0.463 e. The molecular weight excluding hydrogens is 486 g/mol. The van der Waals surface area contributed by atoms with Crippen molar-refractivity contribution in [3.8, 4) is 0 Å². The van der Waals surface area contributed by atoms with Crippen LogP contribution in [0.25, 0.3) is 10.4 Å². The zero-order valence-corrected chi connectivity index (χ0v) is 23.4. The van der Waals surface area contributed by atoms with Gasteiger partial charge in [-0.05, 0) is 18.9 Å². The third-order valence-corrected chi connectivity index (χ3v) is 7.25. The van der Waals surface area contributed by atoms with E-state index in [1.807, 2.05) is 0 Å². The number of H-pyrrole nitrogens is 1. The summed E-state index contributed by atoms with van der Waals surface area (Å²) in [5.74, 6) is -0.302. The Balaban J connectivity index is 1.55. The molecule has 3 unspecified atom stereocenters. The van der Waals surface area contributed by atoms with Crippen molar-refractivity contribution in [1.29, 1.82) is 0 Å². The number of nitrogens with one attached hydrogen (secondary N) is 1. The molecule has 0 spiro atoms. The molecule has 1 aliphatic rings. The first-order valence-corrected chi connectivity index (χ1v) is 14.6. The standard InChI is InChI=1S/C28H47N5O5/c1-3-4-5-6-7-8-9-10-11-12-13-14-15-16-17-18-26(34)37-21-24-23(31-32-29)19-25(38-24)33-20-22(2)27(35)30-28(33)36/h20,23-25H,3-19,21H2,1-2H3,(H,30,35,36). The maximum atomic E-state index is 12.2. The molecule has 0 radical (unpaired) electrons. The monoisotopic (exact) mass is 533 g/mol. The summed E-state index contributed by atoms with van der Waals surface area (Å²) in [4.78, 5) is 41.1. The van der Waals surface area contributed by atoms with Gasteiger partial charge in [-0.1, -0.05) is 102 Å². The average molecular weight is 534 g/mol. The summed E-state index contributed by atoms with van der Waals surface area (Å²) in [6.07, 6.45) is 19.7. The van der Waals surface area contributed by atoms with Gasteiger partial charge in [0.05, 0.1) is 6.04 Å². The van der Waals surface area contributed by atoms with E-state index in [0.717, 1.165) is 19.3 Å². The van der Waals surface area contributed by atoms with Crippen LogP contribution in [0, 0.1) is 6.92 Å². The largest absolute Gasteiger partial charge is 0.463 e. The molecule has 10 heteroatoms. The molecule has 0 aromatic carbocycles. The smallest absolute Gasteiger partial charge is 0.330 e. The fourth-order valence-corrected chi connectivity index (χ4v) is 4.91. The van der Waals surface area contributed by atoms with Crippen LogP contribution in [-0.4, -0.2) is 34.3 Å². The molecule has 1 N–H and O–H groups in total. The van der Waals surface area contributed by atoms with Gasteiger partial charge < -0.3 is 9.47 Å². The summed E-state index contributed by atoms with van der Waals surface area (Å²) in [5.41, 5.74) is 8.20. The molecule has 2 heterocycles. The predicted molar refractivity (Wildman–Crippen MR) is 148 cm³/mol. The fraction of sp³-hybridized carbons (Fsp3) is 0.821. The molecule has 1 aromatic heterocycles. The minimum absolute atomic E-state index is 0.0468. The van der Waals surface area contributed by atoms with Crippen molar-refractivity contribution >= 4 is 5.97 Å². The number of esters is 1. The van der Waals surface area contributed by atoms with Gasteiger partial charge in [0.1, 0.15) is 18.9 Å². The van der Waals surface area contributed by atoms with Crippen molar-refractivity contribution in [3.05, 3.63) is 43.0 Å². The highest BCUT2D eigenvalue weighted by Gasteiger charge is 2.37. The Labute approximate surface area is 226 Å². The van der Waals surface area contributed by atoms with Gasteiger partial charge in [-0.25, -0.2) is 4.79 Å². The lowest BCUT2D eigenvalue weighted by Crippen LogP contribution is -2.33. The molecular formula is C28H47N5O5. The predicted octanol–water partition coefficient (Wildman–Crippen LogP) is 6.62. The third-order valence-electron chi connectivity index (χ3n) is 7.25. The van der Waals surface area contributed by atoms with Crippen LogP contribution in [0.4, 0.5) is 0 Å². The van der Waals surface area contributed by atoms with Crippen LogP contribution < -0.4 is 11.2 Å². The number of azide groups is 1. The quantitative estimate of drug-likeness (QED) is 0.0660. The van der Waals surface area contributed by atoms with Crippen molar-refractivity contribution < 1.29 is 14.3 Å². The van der Waals surface area contributed by atoms with Gasteiger partial charge in [0.2, 0.25) is 0 Å². The summed E-state index contributed by atoms with van der Waals surface area (Å²) in [5, 5.41) is 3.75. The fourth-order valence-electron chi connectivity index (χ4n) is 4.91. The van der Waals surface area contributed by atoms with E-state index in [9.17, 15) is 14.4 Å². The minimum atomic E-state index is -0.715. The Kier molecular flexibility index (Phi) is 15.5. The molecule has 0 saturated carbocycles. The summed E-state index contributed by atoms with van der Waals surface area (Å²) in [6.45, 7) is 3.80. The van der Waals surface area contributed by atoms with Crippen LogP contribution in [0.5, 0.6) is 0 Å². The van der Waals surface area contributed by atoms with Crippen molar-refractivity contribution in [1.82, 2.24) is 9.55 Å². The average Bonchev–Trinajstić information content (AvgIpc) is 3.29. The summed E-state index contributed by atoms with van der Waals surface area (Å²) in [7, 11) is 0. The highest BCUT2D eigenvalue weighted by molar-refractivity contribution is 5.69. The Bertz CT molecular complexity index is 985. The molecule has 38 heavy (non-hydrogen) atoms. The number of ether oxygens (including phenoxy) is 2. The van der Waals surface area contributed by atoms with Gasteiger partial charge >= 0.3 is 11.7 Å². The number of aryl methyl sites for hydroxylation is 1. The Morgan fingerprint density at radius 1 is 1.03 bits per heavy atom. The Hall–Kier alpha value is -2.58. The van der Waals surface area contributed by atoms with E-state index in [1.165, 1.54) is 87.8 Å². The summed E-state index contributed by atoms with van der Waals surface area (Å²) in [6, 6.07) is -0.581. The van der Waals surface area contributed by atoms with E-state index < -0.39 is 29.6 Å². The van der Waals surface area contributed by atoms with Crippen LogP contribution in [0.15, 0.2) is 20.9 Å². The molecule has 1 fully saturated rings. The number of aromatic amines is 1. The number of hydrogen-bond donors (Lipinski definition) is 1. The molecule has 1 saturated heterocycles. The van der Waals surface area contributed by atoms with Gasteiger partial charge in [0.15, 0.2) is 0 Å². The van der Waals surface area contributed by atoms with E-state index >= 15 is 0 Å². The third kappa shape index (κ3) is 11.9. The second-order valence-corrected chi connectivity index (χ2v) is 10.5. The SMILES string of the molecule is CCCCCCCCCCCCCCCCCC(=O)OCC1OC(n2cc(C)c(=O)[nH]c2=O)CC1N=[N+]=[N-]. The Morgan fingerprint density at radius 2 is 1.58 bits per heavy atom. The lowest BCUT2D eigenvalue weighted by molar-refractivity contribution is -0.148. The second-order valence-electron chi connectivity index (χ2n) is 10.5. The van der Waals surface area contributed by atoms with E-state index in [1.54, 1.807) is 6.92 Å². The number of carbonyl (C=O) groups excluding carboxylic acids is 1. The van der Waals surface area contributed by atoms with E-state index in [4.69, 9.17) is 15.0 Å². The molecule has 1 aromatic rings. The normalized spacial score (nSPS) is 18.8. The van der Waals surface area contributed by atoms with Gasteiger partial charge in [0.25, 0.3) is 5.56 Å². The van der Waals surface area contributed by atoms with Gasteiger partial charge in [-0.15, -0.1) is 0 Å². The maximum Gasteiger partial charge on any atom is 0.330 e. The molecule has 0 aliphatic carbocycles. The molecule has 0 amide bonds. The first-order chi connectivity index (χ1) is 18.5. The lowest BCUT2D eigenvalue weighted by Gasteiger charge is -2.17. The summed E-state index contributed by atoms with van der Waals surface area (Å²) >= 11 is 0. The topological polar surface area (TPSA) is 139 Å². The van der Waals surface area contributed by atoms with Crippen molar-refractivity contribution in [2.45, 2.75) is 141 Å². The molecule has 0 bridgehead atoms. The maximum absolute atomic E-state index is 12.2. The van der Waals surface area contributed by atoms with E-state index in [-0.39, 0.29) is 19.0 Å². The molecule has 10 nitrogen and oxygen atoms in total. The highest BCUT2D eigenvalue weighted by atomic mass is 16.6. The number of unbranched alkanes of at least 4 members (excludes halogenated alkanes) is 14. The first kappa shape index (κ1) is 31.6. The van der Waals surface area contributed by atoms with E-state index in [0.29, 0.717) is 12.0 Å². The lowest BCUT2D eigenvalue weighted by atomic mass is 10.0.